The first-order valence-corrected chi connectivity index (χ1v) is 5.51. The third-order valence-electron chi connectivity index (χ3n) is 2.96. The highest BCUT2D eigenvalue weighted by molar-refractivity contribution is 5.84. The van der Waals surface area contributed by atoms with Crippen LogP contribution in [-0.4, -0.2) is 23.1 Å². The molecule has 3 atom stereocenters. The maximum atomic E-state index is 11.2. The van der Waals surface area contributed by atoms with Gasteiger partial charge in [0, 0.05) is 0 Å². The summed E-state index contributed by atoms with van der Waals surface area (Å²) in [5.41, 5.74) is 0. The van der Waals surface area contributed by atoms with Crippen LogP contribution in [-0.2, 0) is 14.3 Å². The number of ether oxygens (including phenoxy) is 1. The van der Waals surface area contributed by atoms with E-state index >= 15 is 0 Å². The molecular formula is C11H18O4. The summed E-state index contributed by atoms with van der Waals surface area (Å²) in [6.45, 7) is 3.71. The molecule has 0 unspecified atom stereocenters. The summed E-state index contributed by atoms with van der Waals surface area (Å²) in [4.78, 5) is 22.2. The van der Waals surface area contributed by atoms with Gasteiger partial charge in [0.15, 0.2) is 0 Å². The van der Waals surface area contributed by atoms with Gasteiger partial charge >= 0.3 is 11.9 Å². The van der Waals surface area contributed by atoms with Gasteiger partial charge in [0.1, 0.15) is 12.0 Å². The van der Waals surface area contributed by atoms with Gasteiger partial charge in [-0.25, -0.2) is 0 Å². The smallest absolute Gasteiger partial charge is 0.311 e. The number of cyclic esters (lactones) is 1. The largest absolute Gasteiger partial charge is 0.481 e. The van der Waals surface area contributed by atoms with Gasteiger partial charge in [0.25, 0.3) is 0 Å². The lowest BCUT2D eigenvalue weighted by Gasteiger charge is -2.14. The Hall–Kier alpha value is -1.06. The molecule has 1 heterocycles. The minimum absolute atomic E-state index is 0.371. The van der Waals surface area contributed by atoms with Gasteiger partial charge in [0.05, 0.1) is 5.92 Å². The molecule has 1 fully saturated rings. The zero-order chi connectivity index (χ0) is 11.4. The summed E-state index contributed by atoms with van der Waals surface area (Å²) in [5.74, 6) is -2.46. The van der Waals surface area contributed by atoms with Crippen LogP contribution < -0.4 is 0 Å². The second kappa shape index (κ2) is 5.14. The standard InChI is InChI=1S/C11H18O4/c1-3-4-5-6-8-9(10(12)13)7(2)11(14)15-8/h7-9H,3-6H2,1-2H3,(H,12,13)/t7-,8+,9+/m0/s1. The third kappa shape index (κ3) is 2.70. The number of esters is 1. The number of carboxylic acids is 1. The minimum atomic E-state index is -0.921. The molecule has 0 aromatic rings. The van der Waals surface area contributed by atoms with Crippen molar-refractivity contribution in [3.05, 3.63) is 0 Å². The van der Waals surface area contributed by atoms with E-state index < -0.39 is 23.9 Å². The lowest BCUT2D eigenvalue weighted by molar-refractivity contribution is -0.144. The van der Waals surface area contributed by atoms with Crippen molar-refractivity contribution in [2.24, 2.45) is 11.8 Å². The predicted molar refractivity (Wildman–Crippen MR) is 54.3 cm³/mol. The second-order valence-corrected chi connectivity index (χ2v) is 4.12. The molecule has 0 amide bonds. The molecule has 4 nitrogen and oxygen atoms in total. The molecular weight excluding hydrogens is 196 g/mol. The third-order valence-corrected chi connectivity index (χ3v) is 2.96. The maximum Gasteiger partial charge on any atom is 0.311 e. The number of carboxylic acid groups (broad SMARTS) is 1. The quantitative estimate of drug-likeness (QED) is 0.560. The number of carbonyl (C=O) groups excluding carboxylic acids is 1. The molecule has 1 aliphatic heterocycles. The van der Waals surface area contributed by atoms with Crippen molar-refractivity contribution in [1.29, 1.82) is 0 Å². The fourth-order valence-corrected chi connectivity index (χ4v) is 2.01. The lowest BCUT2D eigenvalue weighted by Crippen LogP contribution is -2.27. The Kier molecular flexibility index (Phi) is 4.12. The summed E-state index contributed by atoms with van der Waals surface area (Å²) in [5, 5.41) is 9.00. The van der Waals surface area contributed by atoms with Crippen molar-refractivity contribution < 1.29 is 19.4 Å². The first-order valence-electron chi connectivity index (χ1n) is 5.51. The van der Waals surface area contributed by atoms with Crippen molar-refractivity contribution in [2.75, 3.05) is 0 Å². The molecule has 0 bridgehead atoms. The van der Waals surface area contributed by atoms with Gasteiger partial charge in [-0.1, -0.05) is 26.7 Å². The van der Waals surface area contributed by atoms with E-state index in [1.807, 2.05) is 0 Å². The molecule has 4 heteroatoms. The zero-order valence-electron chi connectivity index (χ0n) is 9.23. The van der Waals surface area contributed by atoms with Crippen molar-refractivity contribution in [3.8, 4) is 0 Å². The Morgan fingerprint density at radius 2 is 2.13 bits per heavy atom. The molecule has 0 saturated carbocycles. The molecule has 0 spiro atoms. The normalized spacial score (nSPS) is 30.3. The van der Waals surface area contributed by atoms with Crippen LogP contribution in [0.15, 0.2) is 0 Å². The molecule has 1 N–H and O–H groups in total. The molecule has 0 aromatic heterocycles. The van der Waals surface area contributed by atoms with E-state index in [0.717, 1.165) is 19.3 Å². The number of hydrogen-bond donors (Lipinski definition) is 1. The van der Waals surface area contributed by atoms with Crippen molar-refractivity contribution in [2.45, 2.75) is 45.6 Å². The molecule has 86 valence electrons. The van der Waals surface area contributed by atoms with Crippen molar-refractivity contribution in [1.82, 2.24) is 0 Å². The Balaban J connectivity index is 2.55. The van der Waals surface area contributed by atoms with E-state index in [1.165, 1.54) is 0 Å². The summed E-state index contributed by atoms with van der Waals surface area (Å²) >= 11 is 0. The van der Waals surface area contributed by atoms with Crippen LogP contribution in [0.5, 0.6) is 0 Å². The van der Waals surface area contributed by atoms with Crippen LogP contribution in [0.2, 0.25) is 0 Å². The molecule has 1 rings (SSSR count). The van der Waals surface area contributed by atoms with Crippen LogP contribution >= 0.6 is 0 Å². The van der Waals surface area contributed by atoms with Gasteiger partial charge in [-0.3, -0.25) is 9.59 Å². The number of unbranched alkanes of at least 4 members (excludes halogenated alkanes) is 2. The summed E-state index contributed by atoms with van der Waals surface area (Å²) < 4.78 is 5.07. The van der Waals surface area contributed by atoms with Gasteiger partial charge in [-0.2, -0.15) is 0 Å². The lowest BCUT2D eigenvalue weighted by atomic mass is 9.89. The van der Waals surface area contributed by atoms with E-state index in [9.17, 15) is 9.59 Å². The van der Waals surface area contributed by atoms with Crippen molar-refractivity contribution >= 4 is 11.9 Å². The van der Waals surface area contributed by atoms with E-state index in [1.54, 1.807) is 6.92 Å². The first-order chi connectivity index (χ1) is 7.07. The molecule has 0 aliphatic carbocycles. The minimum Gasteiger partial charge on any atom is -0.481 e. The number of hydrogen-bond acceptors (Lipinski definition) is 3. The molecule has 0 aromatic carbocycles. The van der Waals surface area contributed by atoms with E-state index in [-0.39, 0.29) is 5.97 Å². The van der Waals surface area contributed by atoms with Gasteiger partial charge in [0.2, 0.25) is 0 Å². The van der Waals surface area contributed by atoms with Crippen LogP contribution in [0.3, 0.4) is 0 Å². The fourth-order valence-electron chi connectivity index (χ4n) is 2.01. The van der Waals surface area contributed by atoms with Crippen LogP contribution in [0.4, 0.5) is 0 Å². The Morgan fingerprint density at radius 3 is 2.67 bits per heavy atom. The Labute approximate surface area is 89.6 Å². The number of aliphatic carboxylic acids is 1. The van der Waals surface area contributed by atoms with Crippen LogP contribution in [0, 0.1) is 11.8 Å². The van der Waals surface area contributed by atoms with Crippen molar-refractivity contribution in [3.63, 3.8) is 0 Å². The van der Waals surface area contributed by atoms with Gasteiger partial charge in [-0.05, 0) is 12.8 Å². The van der Waals surface area contributed by atoms with E-state index in [2.05, 4.69) is 6.92 Å². The Bertz CT molecular complexity index is 249. The number of carbonyl (C=O) groups is 2. The summed E-state index contributed by atoms with van der Waals surface area (Å²) in [7, 11) is 0. The number of rotatable bonds is 5. The molecule has 15 heavy (non-hydrogen) atoms. The first kappa shape index (κ1) is 12.0. The molecule has 1 aliphatic rings. The highest BCUT2D eigenvalue weighted by Crippen LogP contribution is 2.31. The molecule has 1 saturated heterocycles. The highest BCUT2D eigenvalue weighted by atomic mass is 16.6. The average Bonchev–Trinajstić information content (AvgIpc) is 2.43. The SMILES string of the molecule is CCCCC[C@H]1OC(=O)[C@@H](C)[C@H]1C(=O)O. The van der Waals surface area contributed by atoms with Gasteiger partial charge in [-0.15, -0.1) is 0 Å². The maximum absolute atomic E-state index is 11.2. The monoisotopic (exact) mass is 214 g/mol. The Morgan fingerprint density at radius 1 is 1.47 bits per heavy atom. The van der Waals surface area contributed by atoms with Crippen LogP contribution in [0.1, 0.15) is 39.5 Å². The highest BCUT2D eigenvalue weighted by Gasteiger charge is 2.45. The summed E-state index contributed by atoms with van der Waals surface area (Å²) in [6.07, 6.45) is 3.30. The zero-order valence-corrected chi connectivity index (χ0v) is 9.23. The van der Waals surface area contributed by atoms with E-state index in [0.29, 0.717) is 6.42 Å². The second-order valence-electron chi connectivity index (χ2n) is 4.12. The van der Waals surface area contributed by atoms with Crippen LogP contribution in [0.25, 0.3) is 0 Å². The predicted octanol–water partition coefficient (Wildman–Crippen LogP) is 1.83. The van der Waals surface area contributed by atoms with E-state index in [4.69, 9.17) is 9.84 Å². The summed E-state index contributed by atoms with van der Waals surface area (Å²) in [6, 6.07) is 0. The average molecular weight is 214 g/mol. The van der Waals surface area contributed by atoms with Gasteiger partial charge < -0.3 is 9.84 Å². The fraction of sp³-hybridized carbons (Fsp3) is 0.818. The molecule has 0 radical (unpaired) electrons. The topological polar surface area (TPSA) is 63.6 Å².